The summed E-state index contributed by atoms with van der Waals surface area (Å²) in [4.78, 5) is 4.14. The molecule has 2 rings (SSSR count). The van der Waals surface area contributed by atoms with E-state index >= 15 is 0 Å². The van der Waals surface area contributed by atoms with Crippen LogP contribution in [0.4, 0.5) is 0 Å². The molecule has 1 aromatic carbocycles. The van der Waals surface area contributed by atoms with E-state index in [9.17, 15) is 8.42 Å². The Morgan fingerprint density at radius 1 is 1.50 bits per heavy atom. The maximum Gasteiger partial charge on any atom is 0.192 e. The zero-order chi connectivity index (χ0) is 11.8. The summed E-state index contributed by atoms with van der Waals surface area (Å²) >= 11 is 0. The highest BCUT2D eigenvalue weighted by atomic mass is 32.2. The molecule has 16 heavy (non-hydrogen) atoms. The molecule has 0 aliphatic heterocycles. The van der Waals surface area contributed by atoms with Gasteiger partial charge in [-0.25, -0.2) is 13.4 Å². The van der Waals surface area contributed by atoms with Gasteiger partial charge in [0.15, 0.2) is 21.3 Å². The maximum atomic E-state index is 11.6. The van der Waals surface area contributed by atoms with Crippen molar-refractivity contribution in [2.45, 2.75) is 11.8 Å². The molecule has 1 heterocycles. The number of benzene rings is 1. The van der Waals surface area contributed by atoms with Gasteiger partial charge in [-0.1, -0.05) is 0 Å². The molecule has 82 valence electrons. The van der Waals surface area contributed by atoms with E-state index in [1.54, 1.807) is 19.1 Å². The lowest BCUT2D eigenvalue weighted by atomic mass is 10.3. The molecule has 0 spiro atoms. The molecule has 0 atom stereocenters. The summed E-state index contributed by atoms with van der Waals surface area (Å²) in [6.07, 6.45) is 0. The van der Waals surface area contributed by atoms with Gasteiger partial charge in [0.2, 0.25) is 0 Å². The summed E-state index contributed by atoms with van der Waals surface area (Å²) in [6, 6.07) is 6.01. The fraction of sp³-hybridized carbons (Fsp3) is 0.200. The molecule has 6 heteroatoms. The maximum absolute atomic E-state index is 11.6. The van der Waals surface area contributed by atoms with Gasteiger partial charge in [0, 0.05) is 13.0 Å². The Morgan fingerprint density at radius 3 is 2.94 bits per heavy atom. The zero-order valence-electron chi connectivity index (χ0n) is 8.47. The summed E-state index contributed by atoms with van der Waals surface area (Å²) in [6.45, 7) is 1.68. The van der Waals surface area contributed by atoms with Crippen LogP contribution in [-0.2, 0) is 9.84 Å². The normalized spacial score (nSPS) is 11.5. The first-order valence-corrected chi connectivity index (χ1v) is 6.15. The number of hydrogen-bond acceptors (Lipinski definition) is 5. The Morgan fingerprint density at radius 2 is 2.25 bits per heavy atom. The Hall–Kier alpha value is -1.87. The standard InChI is InChI=1S/C10H8N2O3S/c1-7-12-9-3-2-8(6-10(9)15-7)16(13,14)5-4-11/h2-3,6H,5H2,1H3. The number of nitrogens with zero attached hydrogens (tertiary/aromatic N) is 2. The summed E-state index contributed by atoms with van der Waals surface area (Å²) in [5, 5.41) is 8.42. The van der Waals surface area contributed by atoms with Gasteiger partial charge in [0.25, 0.3) is 0 Å². The Bertz CT molecular complexity index is 680. The van der Waals surface area contributed by atoms with Crippen LogP contribution in [-0.4, -0.2) is 19.2 Å². The quantitative estimate of drug-likeness (QED) is 0.787. The number of aryl methyl sites for hydroxylation is 1. The number of aromatic nitrogens is 1. The minimum Gasteiger partial charge on any atom is -0.441 e. The van der Waals surface area contributed by atoms with Gasteiger partial charge in [-0.3, -0.25) is 0 Å². The lowest BCUT2D eigenvalue weighted by molar-refractivity contribution is 0.559. The van der Waals surface area contributed by atoms with Gasteiger partial charge in [-0.05, 0) is 12.1 Å². The molecular weight excluding hydrogens is 228 g/mol. The van der Waals surface area contributed by atoms with E-state index in [2.05, 4.69) is 4.98 Å². The fourth-order valence-corrected chi connectivity index (χ4v) is 2.28. The van der Waals surface area contributed by atoms with Gasteiger partial charge in [0.1, 0.15) is 11.3 Å². The molecule has 0 fully saturated rings. The number of fused-ring (bicyclic) bond motifs is 1. The van der Waals surface area contributed by atoms with Crippen molar-refractivity contribution in [3.05, 3.63) is 24.1 Å². The second-order valence-corrected chi connectivity index (χ2v) is 5.27. The first-order valence-electron chi connectivity index (χ1n) is 4.50. The molecular formula is C10H8N2O3S. The molecule has 0 amide bonds. The van der Waals surface area contributed by atoms with Crippen LogP contribution in [0.1, 0.15) is 5.89 Å². The second kappa shape index (κ2) is 3.61. The molecule has 0 saturated heterocycles. The smallest absolute Gasteiger partial charge is 0.192 e. The first-order chi connectivity index (χ1) is 7.53. The van der Waals surface area contributed by atoms with Crippen molar-refractivity contribution >= 4 is 20.9 Å². The van der Waals surface area contributed by atoms with Crippen molar-refractivity contribution in [3.63, 3.8) is 0 Å². The van der Waals surface area contributed by atoms with E-state index in [1.807, 2.05) is 0 Å². The second-order valence-electron chi connectivity index (χ2n) is 3.28. The number of hydrogen-bond donors (Lipinski definition) is 0. The third-order valence-corrected chi connectivity index (χ3v) is 3.56. The molecule has 5 nitrogen and oxygen atoms in total. The monoisotopic (exact) mass is 236 g/mol. The van der Waals surface area contributed by atoms with Crippen LogP contribution >= 0.6 is 0 Å². The van der Waals surface area contributed by atoms with Gasteiger partial charge in [-0.2, -0.15) is 5.26 Å². The zero-order valence-corrected chi connectivity index (χ0v) is 9.28. The lowest BCUT2D eigenvalue weighted by Crippen LogP contribution is -2.04. The van der Waals surface area contributed by atoms with Gasteiger partial charge >= 0.3 is 0 Å². The molecule has 0 aliphatic rings. The lowest BCUT2D eigenvalue weighted by Gasteiger charge is -1.98. The SMILES string of the molecule is Cc1nc2ccc(S(=O)(=O)CC#N)cc2o1. The molecule has 0 bridgehead atoms. The molecule has 0 unspecified atom stereocenters. The third kappa shape index (κ3) is 1.77. The Labute approximate surface area is 92.2 Å². The van der Waals surface area contributed by atoms with Crippen molar-refractivity contribution in [2.24, 2.45) is 0 Å². The largest absolute Gasteiger partial charge is 0.441 e. The van der Waals surface area contributed by atoms with Gasteiger partial charge in [0.05, 0.1) is 11.0 Å². The molecule has 0 radical (unpaired) electrons. The van der Waals surface area contributed by atoms with Crippen LogP contribution in [0.15, 0.2) is 27.5 Å². The predicted octanol–water partition coefficient (Wildman–Crippen LogP) is 1.43. The van der Waals surface area contributed by atoms with Crippen molar-refractivity contribution in [1.82, 2.24) is 4.98 Å². The topological polar surface area (TPSA) is 84.0 Å². The highest BCUT2D eigenvalue weighted by Gasteiger charge is 2.15. The summed E-state index contributed by atoms with van der Waals surface area (Å²) in [5.41, 5.74) is 1.02. The average Bonchev–Trinajstić information content (AvgIpc) is 2.56. The molecule has 0 aliphatic carbocycles. The minimum atomic E-state index is -3.54. The van der Waals surface area contributed by atoms with E-state index in [4.69, 9.17) is 9.68 Å². The number of nitriles is 1. The average molecular weight is 236 g/mol. The van der Waals surface area contributed by atoms with Crippen molar-refractivity contribution in [3.8, 4) is 6.07 Å². The van der Waals surface area contributed by atoms with Crippen molar-refractivity contribution < 1.29 is 12.8 Å². The van der Waals surface area contributed by atoms with Crippen LogP contribution in [0.2, 0.25) is 0 Å². The van der Waals surface area contributed by atoms with Crippen molar-refractivity contribution in [1.29, 1.82) is 5.26 Å². The minimum absolute atomic E-state index is 0.0812. The van der Waals surface area contributed by atoms with E-state index < -0.39 is 15.6 Å². The highest BCUT2D eigenvalue weighted by molar-refractivity contribution is 7.91. The Kier molecular flexibility index (Phi) is 2.40. The molecule has 0 N–H and O–H groups in total. The van der Waals surface area contributed by atoms with Gasteiger partial charge < -0.3 is 4.42 Å². The van der Waals surface area contributed by atoms with E-state index in [0.717, 1.165) is 0 Å². The number of sulfone groups is 1. The highest BCUT2D eigenvalue weighted by Crippen LogP contribution is 2.20. The predicted molar refractivity (Wildman–Crippen MR) is 56.4 cm³/mol. The Balaban J connectivity index is 2.60. The van der Waals surface area contributed by atoms with E-state index in [-0.39, 0.29) is 4.90 Å². The van der Waals surface area contributed by atoms with Crippen LogP contribution < -0.4 is 0 Å². The summed E-state index contributed by atoms with van der Waals surface area (Å²) < 4.78 is 28.4. The van der Waals surface area contributed by atoms with Crippen molar-refractivity contribution in [2.75, 3.05) is 5.75 Å². The van der Waals surface area contributed by atoms with Crippen LogP contribution in [0.25, 0.3) is 11.1 Å². The first kappa shape index (κ1) is 10.6. The van der Waals surface area contributed by atoms with E-state index in [1.165, 1.54) is 12.1 Å². The molecule has 1 aromatic heterocycles. The summed E-state index contributed by atoms with van der Waals surface area (Å²) in [5.74, 6) is -0.0594. The van der Waals surface area contributed by atoms with Crippen LogP contribution in [0.5, 0.6) is 0 Å². The molecule has 0 saturated carbocycles. The number of rotatable bonds is 2. The fourth-order valence-electron chi connectivity index (χ4n) is 1.38. The number of oxazole rings is 1. The van der Waals surface area contributed by atoms with Gasteiger partial charge in [-0.15, -0.1) is 0 Å². The third-order valence-electron chi connectivity index (χ3n) is 2.08. The molecule has 2 aromatic rings. The summed E-state index contributed by atoms with van der Waals surface area (Å²) in [7, 11) is -3.54. The van der Waals surface area contributed by atoms with Crippen LogP contribution in [0, 0.1) is 18.3 Å². The van der Waals surface area contributed by atoms with E-state index in [0.29, 0.717) is 17.0 Å². The van der Waals surface area contributed by atoms with Crippen LogP contribution in [0.3, 0.4) is 0 Å².